The van der Waals surface area contributed by atoms with Crippen molar-refractivity contribution in [1.82, 2.24) is 20.2 Å². The van der Waals surface area contributed by atoms with Gasteiger partial charge in [-0.3, -0.25) is 0 Å². The Labute approximate surface area is 56.4 Å². The van der Waals surface area contributed by atoms with Crippen molar-refractivity contribution in [3.63, 3.8) is 0 Å². The van der Waals surface area contributed by atoms with Crippen LogP contribution in [0.4, 0.5) is 5.95 Å². The van der Waals surface area contributed by atoms with Crippen molar-refractivity contribution in [2.45, 2.75) is 0 Å². The number of nitrogens with zero attached hydrogens (tertiary/aromatic N) is 5. The molecule has 0 atom stereocenters. The Hall–Kier alpha value is -1.13. The minimum absolute atomic E-state index is 0.243. The summed E-state index contributed by atoms with van der Waals surface area (Å²) in [5.74, 6) is 0.243. The van der Waals surface area contributed by atoms with Crippen LogP contribution in [0.5, 0.6) is 0 Å². The normalized spacial score (nSPS) is 8.56. The summed E-state index contributed by atoms with van der Waals surface area (Å²) in [6.45, 7) is 0. The molecule has 1 rings (SSSR count). The second kappa shape index (κ2) is 2.43. The van der Waals surface area contributed by atoms with Gasteiger partial charge in [-0.2, -0.15) is 9.79 Å². The van der Waals surface area contributed by atoms with E-state index in [0.717, 1.165) is 0 Å². The summed E-state index contributed by atoms with van der Waals surface area (Å²) in [4.78, 5) is 4.78. The van der Waals surface area contributed by atoms with Gasteiger partial charge >= 0.3 is 0 Å². The number of hydrogen-bond acceptors (Lipinski definition) is 5. The Balaban J connectivity index is 2.97. The molecule has 1 aromatic heterocycles. The zero-order chi connectivity index (χ0) is 6.69. The summed E-state index contributed by atoms with van der Waals surface area (Å²) in [5, 5.41) is 12.8. The van der Waals surface area contributed by atoms with E-state index in [1.54, 1.807) is 7.05 Å². The highest BCUT2D eigenvalue weighted by Crippen LogP contribution is 1.93. The zero-order valence-corrected chi connectivity index (χ0v) is 5.46. The lowest BCUT2D eigenvalue weighted by molar-refractivity contribution is 0.630. The predicted octanol–water partition coefficient (Wildman–Crippen LogP) is -0.0556. The number of rotatable bonds is 1. The van der Waals surface area contributed by atoms with Crippen LogP contribution in [0.2, 0.25) is 0 Å². The maximum atomic E-state index is 4.31. The highest BCUT2D eigenvalue weighted by molar-refractivity contribution is 7.78. The summed E-state index contributed by atoms with van der Waals surface area (Å²) in [5.41, 5.74) is 0. The Morgan fingerprint density at radius 2 is 2.56 bits per heavy atom. The summed E-state index contributed by atoms with van der Waals surface area (Å²) in [7, 11) is 1.65. The van der Waals surface area contributed by atoms with E-state index >= 15 is 0 Å². The molecule has 0 aliphatic carbocycles. The van der Waals surface area contributed by atoms with Gasteiger partial charge in [-0.25, -0.2) is 0 Å². The fraction of sp³-hybridized carbons (Fsp3) is 0.333. The first-order valence-corrected chi connectivity index (χ1v) is 2.55. The molecule has 1 heterocycles. The molecule has 0 saturated carbocycles. The molecule has 0 aromatic carbocycles. The highest BCUT2D eigenvalue weighted by Gasteiger charge is 1.92. The van der Waals surface area contributed by atoms with Crippen LogP contribution in [-0.4, -0.2) is 25.4 Å². The van der Waals surface area contributed by atoms with Gasteiger partial charge in [0, 0.05) is 0 Å². The second-order valence-electron chi connectivity index (χ2n) is 1.28. The third-order valence-electron chi connectivity index (χ3n) is 0.643. The molecule has 0 unspecified atom stereocenters. The number of aryl methyl sites for hydroxylation is 1. The molecule has 0 saturated heterocycles. The molecule has 0 spiro atoms. The number of thiocarbonyl (C=S) groups is 1. The molecule has 0 bridgehead atoms. The Bertz CT molecular complexity index is 246. The van der Waals surface area contributed by atoms with Gasteiger partial charge in [-0.1, -0.05) is 5.10 Å². The molecule has 0 aliphatic rings. The molecule has 0 amide bonds. The van der Waals surface area contributed by atoms with Crippen LogP contribution in [0.3, 0.4) is 0 Å². The Morgan fingerprint density at radius 1 is 1.78 bits per heavy atom. The van der Waals surface area contributed by atoms with E-state index in [9.17, 15) is 0 Å². The maximum absolute atomic E-state index is 4.31. The van der Waals surface area contributed by atoms with Crippen molar-refractivity contribution in [1.29, 1.82) is 0 Å². The van der Waals surface area contributed by atoms with E-state index in [1.807, 2.05) is 0 Å². The third-order valence-corrected chi connectivity index (χ3v) is 0.735. The van der Waals surface area contributed by atoms with Gasteiger partial charge in [-0.15, -0.1) is 5.10 Å². The van der Waals surface area contributed by atoms with Crippen LogP contribution in [0, 0.1) is 0 Å². The molecular weight excluding hydrogens is 138 g/mol. The van der Waals surface area contributed by atoms with Crippen molar-refractivity contribution < 1.29 is 0 Å². The van der Waals surface area contributed by atoms with Crippen LogP contribution in [0.25, 0.3) is 0 Å². The SMILES string of the molecule is Cn1nnc(N=C=S)n1. The number of isothiocyanates is 1. The van der Waals surface area contributed by atoms with E-state index in [-0.39, 0.29) is 5.95 Å². The monoisotopic (exact) mass is 141 g/mol. The van der Waals surface area contributed by atoms with Crippen molar-refractivity contribution in [2.75, 3.05) is 0 Å². The first-order chi connectivity index (χ1) is 4.33. The molecule has 46 valence electrons. The highest BCUT2D eigenvalue weighted by atomic mass is 32.1. The summed E-state index contributed by atoms with van der Waals surface area (Å²) >= 11 is 4.31. The fourth-order valence-electron chi connectivity index (χ4n) is 0.360. The molecule has 6 heteroatoms. The van der Waals surface area contributed by atoms with E-state index in [2.05, 4.69) is 37.8 Å². The fourth-order valence-corrected chi connectivity index (χ4v) is 0.441. The van der Waals surface area contributed by atoms with Gasteiger partial charge in [0.25, 0.3) is 5.95 Å². The van der Waals surface area contributed by atoms with E-state index in [1.165, 1.54) is 4.80 Å². The average Bonchev–Trinajstić information content (AvgIpc) is 2.17. The Kier molecular flexibility index (Phi) is 1.62. The van der Waals surface area contributed by atoms with E-state index in [0.29, 0.717) is 0 Å². The molecule has 0 N–H and O–H groups in total. The molecule has 0 radical (unpaired) electrons. The topological polar surface area (TPSA) is 56.0 Å². The van der Waals surface area contributed by atoms with Gasteiger partial charge < -0.3 is 0 Å². The quantitative estimate of drug-likeness (QED) is 0.406. The van der Waals surface area contributed by atoms with Crippen molar-refractivity contribution in [3.8, 4) is 0 Å². The minimum Gasteiger partial charge on any atom is -0.165 e. The molecule has 0 aliphatic heterocycles. The molecule has 1 aromatic rings. The van der Waals surface area contributed by atoms with E-state index in [4.69, 9.17) is 0 Å². The molecule has 5 nitrogen and oxygen atoms in total. The number of aliphatic imine (C=N–C) groups is 1. The zero-order valence-electron chi connectivity index (χ0n) is 4.64. The second-order valence-corrected chi connectivity index (χ2v) is 1.46. The molecule has 0 fully saturated rings. The standard InChI is InChI=1S/C3H3N5S/c1-8-6-3(4-2-9)5-7-8/h1H3. The smallest absolute Gasteiger partial charge is 0.165 e. The molecular formula is C3H3N5S. The van der Waals surface area contributed by atoms with Gasteiger partial charge in [0.1, 0.15) is 0 Å². The number of tetrazole rings is 1. The van der Waals surface area contributed by atoms with Gasteiger partial charge in [-0.05, 0) is 17.4 Å². The maximum Gasteiger partial charge on any atom is 0.298 e. The lowest BCUT2D eigenvalue weighted by Gasteiger charge is -1.73. The number of aromatic nitrogens is 4. The van der Waals surface area contributed by atoms with E-state index < -0.39 is 0 Å². The molecule has 9 heavy (non-hydrogen) atoms. The van der Waals surface area contributed by atoms with Gasteiger partial charge in [0.05, 0.1) is 12.2 Å². The average molecular weight is 141 g/mol. The van der Waals surface area contributed by atoms with Crippen LogP contribution in [0.15, 0.2) is 4.99 Å². The number of hydrogen-bond donors (Lipinski definition) is 0. The first-order valence-electron chi connectivity index (χ1n) is 2.15. The summed E-state index contributed by atoms with van der Waals surface area (Å²) < 4.78 is 0. The van der Waals surface area contributed by atoms with Crippen LogP contribution in [-0.2, 0) is 7.05 Å². The van der Waals surface area contributed by atoms with Crippen LogP contribution in [0.1, 0.15) is 0 Å². The Morgan fingerprint density at radius 3 is 3.00 bits per heavy atom. The van der Waals surface area contributed by atoms with Crippen molar-refractivity contribution >= 4 is 23.3 Å². The van der Waals surface area contributed by atoms with Crippen molar-refractivity contribution in [2.24, 2.45) is 12.0 Å². The lowest BCUT2D eigenvalue weighted by Crippen LogP contribution is -1.91. The minimum atomic E-state index is 0.243. The largest absolute Gasteiger partial charge is 0.298 e. The first kappa shape index (κ1) is 6.00. The van der Waals surface area contributed by atoms with Gasteiger partial charge in [0.15, 0.2) is 0 Å². The lowest BCUT2D eigenvalue weighted by atomic mass is 11.1. The summed E-state index contributed by atoms with van der Waals surface area (Å²) in [6, 6.07) is 0. The van der Waals surface area contributed by atoms with Gasteiger partial charge in [0.2, 0.25) is 0 Å². The van der Waals surface area contributed by atoms with Crippen LogP contribution < -0.4 is 0 Å². The third kappa shape index (κ3) is 1.38. The van der Waals surface area contributed by atoms with Crippen LogP contribution >= 0.6 is 12.2 Å². The van der Waals surface area contributed by atoms with Crippen molar-refractivity contribution in [3.05, 3.63) is 0 Å². The summed E-state index contributed by atoms with van der Waals surface area (Å²) in [6.07, 6.45) is 0. The predicted molar refractivity (Wildman–Crippen MR) is 33.5 cm³/mol.